The van der Waals surface area contributed by atoms with Crippen LogP contribution in [0.15, 0.2) is 36.9 Å². The molecular weight excluding hydrogens is 176 g/mol. The van der Waals surface area contributed by atoms with E-state index >= 15 is 0 Å². The summed E-state index contributed by atoms with van der Waals surface area (Å²) >= 11 is 0. The van der Waals surface area contributed by atoms with E-state index in [0.717, 1.165) is 5.56 Å². The van der Waals surface area contributed by atoms with Crippen molar-refractivity contribution in [3.8, 4) is 17.5 Å². The van der Waals surface area contributed by atoms with Gasteiger partial charge in [0.25, 0.3) is 0 Å². The zero-order valence-electron chi connectivity index (χ0n) is 7.25. The summed E-state index contributed by atoms with van der Waals surface area (Å²) in [6.07, 6.45) is 2.83. The van der Waals surface area contributed by atoms with Gasteiger partial charge in [0.2, 0.25) is 0 Å². The van der Waals surface area contributed by atoms with E-state index in [-0.39, 0.29) is 0 Å². The van der Waals surface area contributed by atoms with Crippen LogP contribution < -0.4 is 0 Å². The number of rotatable bonds is 1. The molecule has 2 aromatic rings. The third-order valence-corrected chi connectivity index (χ3v) is 1.78. The maximum absolute atomic E-state index is 8.86. The monoisotopic (exact) mass is 182 g/mol. The van der Waals surface area contributed by atoms with Crippen molar-refractivity contribution in [2.45, 2.75) is 0 Å². The second-order valence-electron chi connectivity index (χ2n) is 2.62. The number of nitrogens with zero attached hydrogens (tertiary/aromatic N) is 4. The highest BCUT2D eigenvalue weighted by atomic mass is 15.0. The number of nitriles is 1. The van der Waals surface area contributed by atoms with Crippen LogP contribution in [0.3, 0.4) is 0 Å². The van der Waals surface area contributed by atoms with Crippen LogP contribution in [0.4, 0.5) is 0 Å². The maximum atomic E-state index is 8.86. The lowest BCUT2D eigenvalue weighted by Gasteiger charge is -1.99. The molecule has 66 valence electrons. The fourth-order valence-electron chi connectivity index (χ4n) is 1.15. The summed E-state index contributed by atoms with van der Waals surface area (Å²) in [7, 11) is 0. The molecule has 0 amide bonds. The van der Waals surface area contributed by atoms with Gasteiger partial charge in [-0.1, -0.05) is 12.1 Å². The van der Waals surface area contributed by atoms with Crippen LogP contribution in [0, 0.1) is 11.3 Å². The Morgan fingerprint density at radius 3 is 2.50 bits per heavy atom. The summed E-state index contributed by atoms with van der Waals surface area (Å²) < 4.78 is 0. The van der Waals surface area contributed by atoms with E-state index in [4.69, 9.17) is 5.26 Å². The first kappa shape index (κ1) is 8.32. The fraction of sp³-hybridized carbons (Fsp3) is 0. The highest BCUT2D eigenvalue weighted by molar-refractivity contribution is 5.63. The fourth-order valence-corrected chi connectivity index (χ4v) is 1.15. The maximum Gasteiger partial charge on any atom is 0.163 e. The smallest absolute Gasteiger partial charge is 0.163 e. The summed E-state index contributed by atoms with van der Waals surface area (Å²) in [5, 5.41) is 8.86. The van der Waals surface area contributed by atoms with Crippen molar-refractivity contribution >= 4 is 0 Å². The SMILES string of the molecule is N#Cc1ccccc1-c1ncncn1. The Balaban J connectivity index is 2.58. The van der Waals surface area contributed by atoms with Crippen LogP contribution in [-0.2, 0) is 0 Å². The Hall–Kier alpha value is -2.28. The van der Waals surface area contributed by atoms with Gasteiger partial charge in [0.05, 0.1) is 11.6 Å². The van der Waals surface area contributed by atoms with Crippen LogP contribution in [0.2, 0.25) is 0 Å². The van der Waals surface area contributed by atoms with Gasteiger partial charge in [0.1, 0.15) is 12.7 Å². The van der Waals surface area contributed by atoms with E-state index < -0.39 is 0 Å². The number of aromatic nitrogens is 3. The van der Waals surface area contributed by atoms with Gasteiger partial charge in [-0.2, -0.15) is 5.26 Å². The van der Waals surface area contributed by atoms with Crippen LogP contribution in [0.5, 0.6) is 0 Å². The average Bonchev–Trinajstić information content (AvgIpc) is 2.30. The van der Waals surface area contributed by atoms with E-state index in [1.807, 2.05) is 18.2 Å². The van der Waals surface area contributed by atoms with Gasteiger partial charge in [-0.05, 0) is 12.1 Å². The molecule has 0 aliphatic rings. The lowest BCUT2D eigenvalue weighted by atomic mass is 10.1. The first-order valence-corrected chi connectivity index (χ1v) is 4.03. The number of hydrogen-bond acceptors (Lipinski definition) is 4. The van der Waals surface area contributed by atoms with Crippen molar-refractivity contribution in [1.82, 2.24) is 15.0 Å². The first-order chi connectivity index (χ1) is 6.92. The van der Waals surface area contributed by atoms with Gasteiger partial charge < -0.3 is 0 Å². The summed E-state index contributed by atoms with van der Waals surface area (Å²) in [5.74, 6) is 0.525. The molecule has 1 aromatic carbocycles. The van der Waals surface area contributed by atoms with Crippen molar-refractivity contribution in [3.05, 3.63) is 42.5 Å². The van der Waals surface area contributed by atoms with Crippen molar-refractivity contribution in [2.24, 2.45) is 0 Å². The lowest BCUT2D eigenvalue weighted by Crippen LogP contribution is -1.91. The Morgan fingerprint density at radius 2 is 1.79 bits per heavy atom. The molecule has 1 aromatic heterocycles. The first-order valence-electron chi connectivity index (χ1n) is 4.03. The van der Waals surface area contributed by atoms with E-state index in [1.54, 1.807) is 6.07 Å². The van der Waals surface area contributed by atoms with Crippen LogP contribution >= 0.6 is 0 Å². The van der Waals surface area contributed by atoms with E-state index in [9.17, 15) is 0 Å². The molecular formula is C10H6N4. The molecule has 4 nitrogen and oxygen atoms in total. The van der Waals surface area contributed by atoms with Gasteiger partial charge in [0, 0.05) is 5.56 Å². The topological polar surface area (TPSA) is 62.5 Å². The average molecular weight is 182 g/mol. The molecule has 4 heteroatoms. The molecule has 0 bridgehead atoms. The molecule has 0 spiro atoms. The van der Waals surface area contributed by atoms with Crippen LogP contribution in [0.25, 0.3) is 11.4 Å². The van der Waals surface area contributed by atoms with Gasteiger partial charge in [-0.15, -0.1) is 0 Å². The minimum atomic E-state index is 0.525. The third-order valence-electron chi connectivity index (χ3n) is 1.78. The summed E-state index contributed by atoms with van der Waals surface area (Å²) in [6.45, 7) is 0. The van der Waals surface area contributed by atoms with E-state index in [1.165, 1.54) is 12.7 Å². The zero-order valence-corrected chi connectivity index (χ0v) is 7.25. The molecule has 2 rings (SSSR count). The predicted molar refractivity (Wildman–Crippen MR) is 50.0 cm³/mol. The van der Waals surface area contributed by atoms with E-state index in [0.29, 0.717) is 11.4 Å². The number of benzene rings is 1. The normalized spacial score (nSPS) is 9.36. The molecule has 0 atom stereocenters. The highest BCUT2D eigenvalue weighted by Crippen LogP contribution is 2.17. The predicted octanol–water partition coefficient (Wildman–Crippen LogP) is 1.41. The zero-order chi connectivity index (χ0) is 9.80. The molecule has 0 radical (unpaired) electrons. The molecule has 0 fully saturated rings. The molecule has 0 aliphatic heterocycles. The Kier molecular flexibility index (Phi) is 2.15. The number of hydrogen-bond donors (Lipinski definition) is 0. The molecule has 0 N–H and O–H groups in total. The molecule has 0 saturated carbocycles. The van der Waals surface area contributed by atoms with E-state index in [2.05, 4.69) is 21.0 Å². The second-order valence-corrected chi connectivity index (χ2v) is 2.62. The van der Waals surface area contributed by atoms with Gasteiger partial charge in [-0.25, -0.2) is 15.0 Å². The van der Waals surface area contributed by atoms with Crippen molar-refractivity contribution in [1.29, 1.82) is 5.26 Å². The summed E-state index contributed by atoms with van der Waals surface area (Å²) in [6, 6.07) is 9.30. The van der Waals surface area contributed by atoms with Crippen molar-refractivity contribution < 1.29 is 0 Å². The summed E-state index contributed by atoms with van der Waals surface area (Å²) in [4.78, 5) is 11.7. The van der Waals surface area contributed by atoms with Gasteiger partial charge in [-0.3, -0.25) is 0 Å². The summed E-state index contributed by atoms with van der Waals surface area (Å²) in [5.41, 5.74) is 1.30. The Labute approximate surface area is 80.9 Å². The Bertz CT molecular complexity index is 473. The minimum absolute atomic E-state index is 0.525. The molecule has 14 heavy (non-hydrogen) atoms. The quantitative estimate of drug-likeness (QED) is 0.668. The van der Waals surface area contributed by atoms with Crippen molar-refractivity contribution in [3.63, 3.8) is 0 Å². The molecule has 1 heterocycles. The molecule has 0 aliphatic carbocycles. The third kappa shape index (κ3) is 1.43. The standard InChI is InChI=1S/C10H6N4/c11-5-8-3-1-2-4-9(8)10-13-6-12-7-14-10/h1-4,6-7H. The van der Waals surface area contributed by atoms with Gasteiger partial charge in [0.15, 0.2) is 5.82 Å². The van der Waals surface area contributed by atoms with Crippen molar-refractivity contribution in [2.75, 3.05) is 0 Å². The Morgan fingerprint density at radius 1 is 1.07 bits per heavy atom. The lowest BCUT2D eigenvalue weighted by molar-refractivity contribution is 1.05. The molecule has 0 saturated heterocycles. The highest BCUT2D eigenvalue weighted by Gasteiger charge is 2.04. The van der Waals surface area contributed by atoms with Crippen LogP contribution in [0.1, 0.15) is 5.56 Å². The second kappa shape index (κ2) is 3.62. The molecule has 0 unspecified atom stereocenters. The largest absolute Gasteiger partial charge is 0.225 e. The minimum Gasteiger partial charge on any atom is -0.225 e. The van der Waals surface area contributed by atoms with Crippen LogP contribution in [-0.4, -0.2) is 15.0 Å². The van der Waals surface area contributed by atoms with Gasteiger partial charge >= 0.3 is 0 Å².